The van der Waals surface area contributed by atoms with Gasteiger partial charge in [-0.15, -0.1) is 24.0 Å². The fourth-order valence-corrected chi connectivity index (χ4v) is 2.34. The number of likely N-dealkylation sites (N-methyl/N-ethyl adjacent to an activating group) is 1. The highest BCUT2D eigenvalue weighted by atomic mass is 127. The zero-order valence-corrected chi connectivity index (χ0v) is 19.6. The van der Waals surface area contributed by atoms with Crippen LogP contribution < -0.4 is 20.1 Å². The van der Waals surface area contributed by atoms with Crippen molar-refractivity contribution in [2.75, 3.05) is 33.3 Å². The van der Waals surface area contributed by atoms with E-state index in [2.05, 4.69) is 20.4 Å². The maximum Gasteiger partial charge on any atom is 0.406 e. The molecular weight excluding hydrogens is 542 g/mol. The Labute approximate surface area is 194 Å². The minimum Gasteiger partial charge on any atom is -0.490 e. The topological polar surface area (TPSA) is 75.2 Å². The summed E-state index contributed by atoms with van der Waals surface area (Å²) in [5, 5.41) is 5.44. The molecule has 0 unspecified atom stereocenters. The maximum absolute atomic E-state index is 12.8. The highest BCUT2D eigenvalue weighted by Gasteiger charge is 2.31. The number of guanidine groups is 1. The van der Waals surface area contributed by atoms with E-state index in [9.17, 15) is 26.7 Å². The molecule has 7 nitrogen and oxygen atoms in total. The number of para-hydroxylation sites is 1. The Morgan fingerprint density at radius 3 is 2.45 bits per heavy atom. The van der Waals surface area contributed by atoms with E-state index in [-0.39, 0.29) is 54.6 Å². The molecule has 0 heterocycles. The van der Waals surface area contributed by atoms with Crippen molar-refractivity contribution in [2.45, 2.75) is 33.2 Å². The van der Waals surface area contributed by atoms with Crippen LogP contribution in [0, 0.1) is 0 Å². The highest BCUT2D eigenvalue weighted by molar-refractivity contribution is 14.0. The predicted molar refractivity (Wildman–Crippen MR) is 116 cm³/mol. The standard InChI is InChI=1S/C18H25F5N4O3.HI/c1-4-24-17(26-10-14(28)27(3)11-18(21,22)23)25-9-12-7-6-8-13(29-5-2)15(12)30-16(19)20;/h6-8,16H,4-5,9-11H2,1-3H3,(H2,24,25,26);1H. The molecule has 0 saturated carbocycles. The van der Waals surface area contributed by atoms with E-state index < -0.39 is 31.8 Å². The van der Waals surface area contributed by atoms with E-state index in [1.807, 2.05) is 0 Å². The molecule has 0 aliphatic heterocycles. The highest BCUT2D eigenvalue weighted by Crippen LogP contribution is 2.33. The third-order valence-electron chi connectivity index (χ3n) is 3.57. The lowest BCUT2D eigenvalue weighted by molar-refractivity contribution is -0.157. The Hall–Kier alpha value is -2.06. The summed E-state index contributed by atoms with van der Waals surface area (Å²) in [7, 11) is 1.04. The summed E-state index contributed by atoms with van der Waals surface area (Å²) in [6, 6.07) is 4.59. The van der Waals surface area contributed by atoms with Gasteiger partial charge in [-0.2, -0.15) is 22.0 Å². The number of carbonyl (C=O) groups is 1. The number of nitrogens with zero attached hydrogens (tertiary/aromatic N) is 2. The number of halogens is 6. The molecule has 1 aromatic carbocycles. The van der Waals surface area contributed by atoms with Crippen molar-refractivity contribution in [2.24, 2.45) is 4.99 Å². The number of alkyl halides is 5. The normalized spacial score (nSPS) is 11.6. The fraction of sp³-hybridized carbons (Fsp3) is 0.556. The monoisotopic (exact) mass is 568 g/mol. The number of amides is 1. The molecular formula is C18H26F5IN4O3. The van der Waals surface area contributed by atoms with Gasteiger partial charge in [0.15, 0.2) is 17.5 Å². The van der Waals surface area contributed by atoms with Gasteiger partial charge in [0, 0.05) is 19.2 Å². The van der Waals surface area contributed by atoms with E-state index in [4.69, 9.17) is 4.74 Å². The van der Waals surface area contributed by atoms with Gasteiger partial charge in [0.25, 0.3) is 0 Å². The Morgan fingerprint density at radius 2 is 1.90 bits per heavy atom. The average molecular weight is 568 g/mol. The quantitative estimate of drug-likeness (QED) is 0.196. The summed E-state index contributed by atoms with van der Waals surface area (Å²) in [4.78, 5) is 16.6. The minimum absolute atomic E-state index is 0. The largest absolute Gasteiger partial charge is 0.490 e. The van der Waals surface area contributed by atoms with Crippen LogP contribution in [0.4, 0.5) is 22.0 Å². The number of hydrogen-bond acceptors (Lipinski definition) is 4. The van der Waals surface area contributed by atoms with Crippen LogP contribution in [0.15, 0.2) is 23.2 Å². The molecule has 0 saturated heterocycles. The van der Waals surface area contributed by atoms with Crippen molar-refractivity contribution in [3.8, 4) is 11.5 Å². The van der Waals surface area contributed by atoms with Crippen molar-refractivity contribution >= 4 is 35.8 Å². The number of benzene rings is 1. The van der Waals surface area contributed by atoms with Crippen LogP contribution in [-0.2, 0) is 11.3 Å². The SMILES string of the molecule is CCNC(=NCc1cccc(OCC)c1OC(F)F)NCC(=O)N(C)CC(F)(F)F.I. The van der Waals surface area contributed by atoms with Crippen LogP contribution >= 0.6 is 24.0 Å². The lowest BCUT2D eigenvalue weighted by Gasteiger charge is -2.20. The number of carbonyl (C=O) groups excluding carboxylic acids is 1. The van der Waals surface area contributed by atoms with Gasteiger partial charge in [0.2, 0.25) is 5.91 Å². The van der Waals surface area contributed by atoms with Crippen LogP contribution in [0.5, 0.6) is 11.5 Å². The molecule has 0 aromatic heterocycles. The number of rotatable bonds is 10. The lowest BCUT2D eigenvalue weighted by atomic mass is 10.2. The summed E-state index contributed by atoms with van der Waals surface area (Å²) < 4.78 is 72.6. The molecule has 0 spiro atoms. The molecule has 13 heteroatoms. The van der Waals surface area contributed by atoms with Gasteiger partial charge in [-0.05, 0) is 19.9 Å². The second-order valence-corrected chi connectivity index (χ2v) is 5.97. The minimum atomic E-state index is -4.50. The summed E-state index contributed by atoms with van der Waals surface area (Å²) in [5.74, 6) is -0.698. The molecule has 0 bridgehead atoms. The Bertz CT molecular complexity index is 720. The van der Waals surface area contributed by atoms with Crippen LogP contribution in [0.2, 0.25) is 0 Å². The summed E-state index contributed by atoms with van der Waals surface area (Å²) in [6.45, 7) is -0.903. The Morgan fingerprint density at radius 1 is 1.23 bits per heavy atom. The van der Waals surface area contributed by atoms with Crippen LogP contribution in [-0.4, -0.2) is 62.8 Å². The van der Waals surface area contributed by atoms with Gasteiger partial charge in [-0.3, -0.25) is 4.79 Å². The third-order valence-corrected chi connectivity index (χ3v) is 3.57. The van der Waals surface area contributed by atoms with Gasteiger partial charge in [0.05, 0.1) is 19.7 Å². The first kappa shape index (κ1) is 28.9. The summed E-state index contributed by atoms with van der Waals surface area (Å²) in [6.07, 6.45) is -4.50. The molecule has 0 fully saturated rings. The number of aliphatic imine (C=N–C) groups is 1. The van der Waals surface area contributed by atoms with Crippen molar-refractivity contribution < 1.29 is 36.2 Å². The molecule has 0 aliphatic carbocycles. The van der Waals surface area contributed by atoms with Gasteiger partial charge in [-0.1, -0.05) is 12.1 Å². The molecule has 1 amide bonds. The molecule has 1 rings (SSSR count). The fourth-order valence-electron chi connectivity index (χ4n) is 2.34. The average Bonchev–Trinajstić information content (AvgIpc) is 2.64. The van der Waals surface area contributed by atoms with Crippen molar-refractivity contribution in [1.82, 2.24) is 15.5 Å². The predicted octanol–water partition coefficient (Wildman–Crippen LogP) is 3.38. The first-order valence-corrected chi connectivity index (χ1v) is 9.09. The van der Waals surface area contributed by atoms with Gasteiger partial charge < -0.3 is 25.0 Å². The molecule has 0 aliphatic rings. The van der Waals surface area contributed by atoms with Crippen LogP contribution in [0.1, 0.15) is 19.4 Å². The van der Waals surface area contributed by atoms with Crippen LogP contribution in [0.3, 0.4) is 0 Å². The van der Waals surface area contributed by atoms with Crippen LogP contribution in [0.25, 0.3) is 0 Å². The summed E-state index contributed by atoms with van der Waals surface area (Å²) in [5.41, 5.74) is 0.305. The van der Waals surface area contributed by atoms with Crippen molar-refractivity contribution in [3.05, 3.63) is 23.8 Å². The Balaban J connectivity index is 0.00000900. The number of hydrogen-bond donors (Lipinski definition) is 2. The van der Waals surface area contributed by atoms with Gasteiger partial charge in [-0.25, -0.2) is 4.99 Å². The van der Waals surface area contributed by atoms with E-state index in [1.165, 1.54) is 12.1 Å². The van der Waals surface area contributed by atoms with E-state index in [0.717, 1.165) is 7.05 Å². The first-order valence-electron chi connectivity index (χ1n) is 9.09. The zero-order valence-electron chi connectivity index (χ0n) is 17.3. The van der Waals surface area contributed by atoms with Crippen molar-refractivity contribution in [3.63, 3.8) is 0 Å². The van der Waals surface area contributed by atoms with Gasteiger partial charge in [0.1, 0.15) is 6.54 Å². The molecule has 31 heavy (non-hydrogen) atoms. The summed E-state index contributed by atoms with van der Waals surface area (Å²) >= 11 is 0. The molecule has 0 atom stereocenters. The third kappa shape index (κ3) is 11.2. The second kappa shape index (κ2) is 14.1. The molecule has 0 radical (unpaired) electrons. The lowest BCUT2D eigenvalue weighted by Crippen LogP contribution is -2.45. The van der Waals surface area contributed by atoms with Gasteiger partial charge >= 0.3 is 12.8 Å². The first-order chi connectivity index (χ1) is 14.1. The number of nitrogens with one attached hydrogen (secondary N) is 2. The molecule has 178 valence electrons. The Kier molecular flexibility index (Phi) is 13.2. The van der Waals surface area contributed by atoms with E-state index >= 15 is 0 Å². The maximum atomic E-state index is 12.8. The smallest absolute Gasteiger partial charge is 0.406 e. The molecule has 1 aromatic rings. The van der Waals surface area contributed by atoms with E-state index in [0.29, 0.717) is 17.0 Å². The zero-order chi connectivity index (χ0) is 22.7. The van der Waals surface area contributed by atoms with E-state index in [1.54, 1.807) is 19.9 Å². The number of ether oxygens (including phenoxy) is 2. The molecule has 2 N–H and O–H groups in total. The van der Waals surface area contributed by atoms with Crippen molar-refractivity contribution in [1.29, 1.82) is 0 Å². The second-order valence-electron chi connectivity index (χ2n) is 5.97.